The summed E-state index contributed by atoms with van der Waals surface area (Å²) in [6.45, 7) is 1.46. The Morgan fingerprint density at radius 1 is 1.44 bits per heavy atom. The largest absolute Gasteiger partial charge is 0.497 e. The van der Waals surface area contributed by atoms with E-state index in [1.54, 1.807) is 19.2 Å². The Balaban J connectivity index is 2.49. The standard InChI is InChI=1S/C13H19ClN2O2/c1-16(2)7-6-15-13(17)8-10-4-5-11(18-3)9-12(10)14/h4-5,9H,6-8H2,1-3H3,(H,15,17). The van der Waals surface area contributed by atoms with Crippen molar-refractivity contribution in [1.82, 2.24) is 10.2 Å². The van der Waals surface area contributed by atoms with Crippen LogP contribution in [0.5, 0.6) is 5.75 Å². The smallest absolute Gasteiger partial charge is 0.224 e. The molecule has 5 heteroatoms. The average molecular weight is 271 g/mol. The number of halogens is 1. The topological polar surface area (TPSA) is 41.6 Å². The molecule has 1 N–H and O–H groups in total. The summed E-state index contributed by atoms with van der Waals surface area (Å²) in [5, 5.41) is 3.40. The van der Waals surface area contributed by atoms with Crippen molar-refractivity contribution in [3.05, 3.63) is 28.8 Å². The van der Waals surface area contributed by atoms with Gasteiger partial charge >= 0.3 is 0 Å². The molecule has 0 aliphatic carbocycles. The average Bonchev–Trinajstić information content (AvgIpc) is 2.31. The first-order valence-electron chi connectivity index (χ1n) is 5.76. The Bertz CT molecular complexity index is 408. The van der Waals surface area contributed by atoms with Crippen LogP contribution in [-0.4, -0.2) is 45.1 Å². The third kappa shape index (κ3) is 4.94. The van der Waals surface area contributed by atoms with Gasteiger partial charge in [-0.2, -0.15) is 0 Å². The van der Waals surface area contributed by atoms with Gasteiger partial charge in [0.05, 0.1) is 13.5 Å². The second kappa shape index (κ2) is 7.24. The number of carbonyl (C=O) groups excluding carboxylic acids is 1. The zero-order chi connectivity index (χ0) is 13.5. The van der Waals surface area contributed by atoms with Crippen molar-refractivity contribution in [2.75, 3.05) is 34.3 Å². The van der Waals surface area contributed by atoms with E-state index in [0.29, 0.717) is 17.3 Å². The summed E-state index contributed by atoms with van der Waals surface area (Å²) in [4.78, 5) is 13.7. The number of ether oxygens (including phenoxy) is 1. The molecule has 0 bridgehead atoms. The van der Waals surface area contributed by atoms with Crippen molar-refractivity contribution in [3.63, 3.8) is 0 Å². The third-order valence-electron chi connectivity index (χ3n) is 2.49. The lowest BCUT2D eigenvalue weighted by Crippen LogP contribution is -2.32. The zero-order valence-electron chi connectivity index (χ0n) is 11.0. The van der Waals surface area contributed by atoms with E-state index < -0.39 is 0 Å². The fourth-order valence-corrected chi connectivity index (χ4v) is 1.69. The van der Waals surface area contributed by atoms with Crippen LogP contribution in [0.1, 0.15) is 5.56 Å². The van der Waals surface area contributed by atoms with Crippen LogP contribution in [-0.2, 0) is 11.2 Å². The molecule has 1 rings (SSSR count). The number of amides is 1. The molecule has 0 atom stereocenters. The summed E-state index contributed by atoms with van der Waals surface area (Å²) in [5.41, 5.74) is 0.805. The Morgan fingerprint density at radius 2 is 2.17 bits per heavy atom. The van der Waals surface area contributed by atoms with E-state index in [1.807, 2.05) is 25.1 Å². The maximum absolute atomic E-state index is 11.7. The quantitative estimate of drug-likeness (QED) is 0.853. The molecular weight excluding hydrogens is 252 g/mol. The van der Waals surface area contributed by atoms with Crippen LogP contribution in [0.15, 0.2) is 18.2 Å². The summed E-state index contributed by atoms with van der Waals surface area (Å²) in [5.74, 6) is 0.667. The number of benzene rings is 1. The molecule has 1 aromatic carbocycles. The van der Waals surface area contributed by atoms with E-state index in [4.69, 9.17) is 16.3 Å². The lowest BCUT2D eigenvalue weighted by Gasteiger charge is -2.11. The molecule has 1 aromatic rings. The van der Waals surface area contributed by atoms with Gasteiger partial charge in [-0.05, 0) is 31.8 Å². The highest BCUT2D eigenvalue weighted by Crippen LogP contribution is 2.22. The molecule has 1 amide bonds. The summed E-state index contributed by atoms with van der Waals surface area (Å²) >= 11 is 6.07. The minimum atomic E-state index is -0.0242. The van der Waals surface area contributed by atoms with Crippen LogP contribution in [0.4, 0.5) is 0 Å². The SMILES string of the molecule is COc1ccc(CC(=O)NCCN(C)C)c(Cl)c1. The molecule has 0 fully saturated rings. The molecule has 0 saturated carbocycles. The lowest BCUT2D eigenvalue weighted by molar-refractivity contribution is -0.120. The van der Waals surface area contributed by atoms with Gasteiger partial charge in [-0.25, -0.2) is 0 Å². The lowest BCUT2D eigenvalue weighted by atomic mass is 10.1. The van der Waals surface area contributed by atoms with Gasteiger partial charge in [-0.3, -0.25) is 4.79 Å². The van der Waals surface area contributed by atoms with Gasteiger partial charge < -0.3 is 15.0 Å². The molecule has 0 aliphatic heterocycles. The van der Waals surface area contributed by atoms with Crippen molar-refractivity contribution in [1.29, 1.82) is 0 Å². The predicted molar refractivity (Wildman–Crippen MR) is 73.3 cm³/mol. The first kappa shape index (κ1) is 14.8. The molecule has 0 aliphatic rings. The van der Waals surface area contributed by atoms with Crippen LogP contribution < -0.4 is 10.1 Å². The van der Waals surface area contributed by atoms with Crippen molar-refractivity contribution >= 4 is 17.5 Å². The van der Waals surface area contributed by atoms with Crippen molar-refractivity contribution < 1.29 is 9.53 Å². The van der Waals surface area contributed by atoms with E-state index in [1.165, 1.54) is 0 Å². The molecule has 4 nitrogen and oxygen atoms in total. The number of nitrogens with zero attached hydrogens (tertiary/aromatic N) is 1. The number of hydrogen-bond donors (Lipinski definition) is 1. The second-order valence-corrected chi connectivity index (χ2v) is 4.69. The van der Waals surface area contributed by atoms with Gasteiger partial charge in [0.25, 0.3) is 0 Å². The van der Waals surface area contributed by atoms with Crippen LogP contribution in [0.25, 0.3) is 0 Å². The molecular formula is C13H19ClN2O2. The first-order valence-corrected chi connectivity index (χ1v) is 6.14. The summed E-state index contributed by atoms with van der Waals surface area (Å²) < 4.78 is 5.06. The Kier molecular flexibility index (Phi) is 5.95. The molecule has 0 aromatic heterocycles. The molecule has 18 heavy (non-hydrogen) atoms. The van der Waals surface area contributed by atoms with E-state index in [2.05, 4.69) is 5.32 Å². The number of carbonyl (C=O) groups is 1. The van der Waals surface area contributed by atoms with Crippen molar-refractivity contribution in [2.24, 2.45) is 0 Å². The number of methoxy groups -OCH3 is 1. The summed E-state index contributed by atoms with van der Waals surface area (Å²) in [6.07, 6.45) is 0.288. The normalized spacial score (nSPS) is 10.5. The highest BCUT2D eigenvalue weighted by Gasteiger charge is 2.07. The number of hydrogen-bond acceptors (Lipinski definition) is 3. The zero-order valence-corrected chi connectivity index (χ0v) is 11.8. The highest BCUT2D eigenvalue weighted by molar-refractivity contribution is 6.31. The van der Waals surface area contributed by atoms with Crippen molar-refractivity contribution in [3.8, 4) is 5.75 Å². The maximum Gasteiger partial charge on any atom is 0.224 e. The van der Waals surface area contributed by atoms with Gasteiger partial charge in [0, 0.05) is 18.1 Å². The summed E-state index contributed by atoms with van der Waals surface area (Å²) in [7, 11) is 5.51. The predicted octanol–water partition coefficient (Wildman–Crippen LogP) is 1.57. The maximum atomic E-state index is 11.7. The number of nitrogens with one attached hydrogen (secondary N) is 1. The molecule has 0 saturated heterocycles. The van der Waals surface area contributed by atoms with E-state index in [0.717, 1.165) is 12.1 Å². The Morgan fingerprint density at radius 3 is 2.72 bits per heavy atom. The van der Waals surface area contributed by atoms with Gasteiger partial charge in [0.2, 0.25) is 5.91 Å². The molecule has 0 radical (unpaired) electrons. The van der Waals surface area contributed by atoms with Crippen LogP contribution >= 0.6 is 11.6 Å². The van der Waals surface area contributed by atoms with Crippen LogP contribution in [0.2, 0.25) is 5.02 Å². The van der Waals surface area contributed by atoms with Crippen molar-refractivity contribution in [2.45, 2.75) is 6.42 Å². The van der Waals surface area contributed by atoms with E-state index >= 15 is 0 Å². The minimum absolute atomic E-state index is 0.0242. The van der Waals surface area contributed by atoms with Gasteiger partial charge in [0.1, 0.15) is 5.75 Å². The monoisotopic (exact) mass is 270 g/mol. The minimum Gasteiger partial charge on any atom is -0.497 e. The molecule has 0 heterocycles. The van der Waals surface area contributed by atoms with Gasteiger partial charge in [-0.15, -0.1) is 0 Å². The fraction of sp³-hybridized carbons (Fsp3) is 0.462. The number of likely N-dealkylation sites (N-methyl/N-ethyl adjacent to an activating group) is 1. The van der Waals surface area contributed by atoms with Gasteiger partial charge in [0.15, 0.2) is 0 Å². The number of rotatable bonds is 6. The van der Waals surface area contributed by atoms with E-state index in [9.17, 15) is 4.79 Å². The third-order valence-corrected chi connectivity index (χ3v) is 2.84. The highest BCUT2D eigenvalue weighted by atomic mass is 35.5. The summed E-state index contributed by atoms with van der Waals surface area (Å²) in [6, 6.07) is 5.32. The molecule has 100 valence electrons. The second-order valence-electron chi connectivity index (χ2n) is 4.29. The Hall–Kier alpha value is -1.26. The fourth-order valence-electron chi connectivity index (χ4n) is 1.45. The van der Waals surface area contributed by atoms with Crippen LogP contribution in [0.3, 0.4) is 0 Å². The molecule has 0 unspecified atom stereocenters. The van der Waals surface area contributed by atoms with E-state index in [-0.39, 0.29) is 12.3 Å². The Labute approximate surface area is 113 Å². The first-order chi connectivity index (χ1) is 8.52. The van der Waals surface area contributed by atoms with Crippen LogP contribution in [0, 0.1) is 0 Å². The van der Waals surface area contributed by atoms with Gasteiger partial charge in [-0.1, -0.05) is 17.7 Å². The molecule has 0 spiro atoms.